The first-order valence-corrected chi connectivity index (χ1v) is 10.6. The second-order valence-electron chi connectivity index (χ2n) is 7.37. The van der Waals surface area contributed by atoms with Gasteiger partial charge >= 0.3 is 0 Å². The minimum atomic E-state index is 0. The number of nitrogens with one attached hydrogen (secondary N) is 2. The van der Waals surface area contributed by atoms with Crippen molar-refractivity contribution in [1.82, 2.24) is 15.6 Å². The highest BCUT2D eigenvalue weighted by Gasteiger charge is 2.15. The number of carbonyl (C=O) groups is 1. The van der Waals surface area contributed by atoms with Crippen LogP contribution in [-0.2, 0) is 11.3 Å². The van der Waals surface area contributed by atoms with Crippen LogP contribution in [0.5, 0.6) is 17.4 Å². The first-order chi connectivity index (χ1) is 14.3. The van der Waals surface area contributed by atoms with Crippen LogP contribution in [0.3, 0.4) is 0 Å². The van der Waals surface area contributed by atoms with Crippen molar-refractivity contribution < 1.29 is 14.3 Å². The number of piperidine rings is 1. The quantitative estimate of drug-likeness (QED) is 0.517. The average molecular weight is 470 g/mol. The molecule has 0 bridgehead atoms. The van der Waals surface area contributed by atoms with Gasteiger partial charge in [0.05, 0.1) is 6.61 Å². The summed E-state index contributed by atoms with van der Waals surface area (Å²) >= 11 is 0. The van der Waals surface area contributed by atoms with Crippen LogP contribution in [0.15, 0.2) is 42.6 Å². The van der Waals surface area contributed by atoms with Gasteiger partial charge in [0.25, 0.3) is 0 Å². The van der Waals surface area contributed by atoms with E-state index in [9.17, 15) is 4.79 Å². The van der Waals surface area contributed by atoms with Gasteiger partial charge in [0, 0.05) is 24.7 Å². The highest BCUT2D eigenvalue weighted by atomic mass is 35.5. The van der Waals surface area contributed by atoms with Gasteiger partial charge in [-0.1, -0.05) is 25.1 Å². The number of halogens is 2. The molecule has 0 saturated carbocycles. The number of benzene rings is 1. The van der Waals surface area contributed by atoms with Crippen molar-refractivity contribution in [3.8, 4) is 17.4 Å². The van der Waals surface area contributed by atoms with Gasteiger partial charge in [-0.2, -0.15) is 0 Å². The van der Waals surface area contributed by atoms with Crippen molar-refractivity contribution in [2.75, 3.05) is 19.7 Å². The Balaban J connectivity index is 0.00000240. The standard InChI is InChI=1S/C23H31N3O3.2ClH/c1-2-16-28-20-7-3-4-8-21(20)29-23-19(6-5-13-25-23)17-26-22(27)10-9-18-11-14-24-15-12-18;;/h3-8,13,18,24H,2,9-12,14-17H2,1H3,(H,26,27);2*1H. The van der Waals surface area contributed by atoms with E-state index in [4.69, 9.17) is 9.47 Å². The summed E-state index contributed by atoms with van der Waals surface area (Å²) in [6.07, 6.45) is 6.45. The van der Waals surface area contributed by atoms with Crippen LogP contribution in [0.2, 0.25) is 0 Å². The molecule has 2 aromatic rings. The van der Waals surface area contributed by atoms with Gasteiger partial charge in [-0.05, 0) is 62.9 Å². The summed E-state index contributed by atoms with van der Waals surface area (Å²) in [5.74, 6) is 2.53. The van der Waals surface area contributed by atoms with Crippen LogP contribution in [0.4, 0.5) is 0 Å². The van der Waals surface area contributed by atoms with E-state index in [-0.39, 0.29) is 30.7 Å². The fourth-order valence-corrected chi connectivity index (χ4v) is 3.41. The largest absolute Gasteiger partial charge is 0.490 e. The smallest absolute Gasteiger partial charge is 0.224 e. The van der Waals surface area contributed by atoms with E-state index in [2.05, 4.69) is 22.5 Å². The molecule has 1 aromatic heterocycles. The number of hydrogen-bond donors (Lipinski definition) is 2. The Morgan fingerprint density at radius 1 is 1.13 bits per heavy atom. The Morgan fingerprint density at radius 3 is 2.61 bits per heavy atom. The first-order valence-electron chi connectivity index (χ1n) is 10.6. The predicted octanol–water partition coefficient (Wildman–Crippen LogP) is 4.90. The highest BCUT2D eigenvalue weighted by Crippen LogP contribution is 2.32. The van der Waals surface area contributed by atoms with Crippen molar-refractivity contribution in [3.05, 3.63) is 48.2 Å². The Kier molecular flexibility index (Phi) is 13.0. The third-order valence-electron chi connectivity index (χ3n) is 5.08. The van der Waals surface area contributed by atoms with Gasteiger partial charge in [0.2, 0.25) is 11.8 Å². The molecule has 6 nitrogen and oxygen atoms in total. The van der Waals surface area contributed by atoms with Crippen LogP contribution in [0, 0.1) is 5.92 Å². The van der Waals surface area contributed by atoms with Crippen molar-refractivity contribution in [2.45, 2.75) is 45.6 Å². The molecule has 8 heteroatoms. The lowest BCUT2D eigenvalue weighted by Gasteiger charge is -2.22. The number of pyridine rings is 1. The Bertz CT molecular complexity index is 786. The minimum absolute atomic E-state index is 0. The molecular formula is C23H33Cl2N3O3. The van der Waals surface area contributed by atoms with Gasteiger partial charge in [-0.3, -0.25) is 4.79 Å². The fraction of sp³-hybridized carbons (Fsp3) is 0.478. The van der Waals surface area contributed by atoms with E-state index >= 15 is 0 Å². The number of para-hydroxylation sites is 2. The molecule has 31 heavy (non-hydrogen) atoms. The summed E-state index contributed by atoms with van der Waals surface area (Å²) in [7, 11) is 0. The van der Waals surface area contributed by atoms with Crippen molar-refractivity contribution in [2.24, 2.45) is 5.92 Å². The second kappa shape index (κ2) is 14.9. The number of carbonyl (C=O) groups excluding carboxylic acids is 1. The lowest BCUT2D eigenvalue weighted by Crippen LogP contribution is -2.29. The molecule has 0 unspecified atom stereocenters. The summed E-state index contributed by atoms with van der Waals surface area (Å²) in [5.41, 5.74) is 0.841. The fourth-order valence-electron chi connectivity index (χ4n) is 3.41. The van der Waals surface area contributed by atoms with Crippen LogP contribution in [-0.4, -0.2) is 30.6 Å². The zero-order valence-electron chi connectivity index (χ0n) is 18.0. The van der Waals surface area contributed by atoms with Crippen molar-refractivity contribution >= 4 is 30.7 Å². The molecule has 0 radical (unpaired) electrons. The van der Waals surface area contributed by atoms with E-state index in [0.29, 0.717) is 42.9 Å². The number of aromatic nitrogens is 1. The first kappa shape index (κ1) is 27.0. The van der Waals surface area contributed by atoms with E-state index in [0.717, 1.165) is 44.3 Å². The van der Waals surface area contributed by atoms with E-state index < -0.39 is 0 Å². The lowest BCUT2D eigenvalue weighted by atomic mass is 9.93. The van der Waals surface area contributed by atoms with E-state index in [1.54, 1.807) is 6.20 Å². The Hall–Kier alpha value is -2.02. The normalized spacial score (nSPS) is 13.5. The number of rotatable bonds is 10. The molecule has 1 saturated heterocycles. The summed E-state index contributed by atoms with van der Waals surface area (Å²) in [6, 6.07) is 11.3. The highest BCUT2D eigenvalue weighted by molar-refractivity contribution is 5.85. The monoisotopic (exact) mass is 469 g/mol. The van der Waals surface area contributed by atoms with Crippen LogP contribution in [0.1, 0.15) is 44.6 Å². The van der Waals surface area contributed by atoms with Crippen molar-refractivity contribution in [3.63, 3.8) is 0 Å². The second-order valence-corrected chi connectivity index (χ2v) is 7.37. The molecule has 172 valence electrons. The number of nitrogens with zero attached hydrogens (tertiary/aromatic N) is 1. The predicted molar refractivity (Wildman–Crippen MR) is 128 cm³/mol. The summed E-state index contributed by atoms with van der Waals surface area (Å²) < 4.78 is 11.8. The summed E-state index contributed by atoms with van der Waals surface area (Å²) in [5, 5.41) is 6.37. The van der Waals surface area contributed by atoms with Crippen LogP contribution >= 0.6 is 24.8 Å². The third kappa shape index (κ3) is 8.93. The molecule has 0 aliphatic carbocycles. The zero-order chi connectivity index (χ0) is 20.3. The molecule has 1 aliphatic heterocycles. The minimum Gasteiger partial charge on any atom is -0.490 e. The van der Waals surface area contributed by atoms with Crippen molar-refractivity contribution in [1.29, 1.82) is 0 Å². The average Bonchev–Trinajstić information content (AvgIpc) is 2.77. The number of ether oxygens (including phenoxy) is 2. The topological polar surface area (TPSA) is 72.5 Å². The van der Waals surface area contributed by atoms with E-state index in [1.165, 1.54) is 0 Å². The molecule has 0 atom stereocenters. The molecule has 0 spiro atoms. The maximum absolute atomic E-state index is 12.3. The zero-order valence-corrected chi connectivity index (χ0v) is 19.6. The molecule has 1 amide bonds. The molecule has 3 rings (SSSR count). The molecule has 1 aromatic carbocycles. The molecular weight excluding hydrogens is 437 g/mol. The van der Waals surface area contributed by atoms with Gasteiger partial charge in [-0.25, -0.2) is 4.98 Å². The molecule has 2 N–H and O–H groups in total. The molecule has 2 heterocycles. The van der Waals surface area contributed by atoms with Gasteiger partial charge in [0.1, 0.15) is 0 Å². The summed E-state index contributed by atoms with van der Waals surface area (Å²) in [4.78, 5) is 16.6. The number of hydrogen-bond acceptors (Lipinski definition) is 5. The maximum Gasteiger partial charge on any atom is 0.224 e. The Morgan fingerprint density at radius 2 is 1.87 bits per heavy atom. The number of amides is 1. The maximum atomic E-state index is 12.3. The van der Waals surface area contributed by atoms with Gasteiger partial charge in [0.15, 0.2) is 11.5 Å². The van der Waals surface area contributed by atoms with Gasteiger partial charge in [-0.15, -0.1) is 24.8 Å². The molecule has 1 fully saturated rings. The lowest BCUT2D eigenvalue weighted by molar-refractivity contribution is -0.121. The van der Waals surface area contributed by atoms with E-state index in [1.807, 2.05) is 36.4 Å². The summed E-state index contributed by atoms with van der Waals surface area (Å²) in [6.45, 7) is 5.21. The van der Waals surface area contributed by atoms with Crippen LogP contribution in [0.25, 0.3) is 0 Å². The Labute approximate surface area is 197 Å². The van der Waals surface area contributed by atoms with Gasteiger partial charge < -0.3 is 20.1 Å². The van der Waals surface area contributed by atoms with Crippen LogP contribution < -0.4 is 20.1 Å². The SMILES string of the molecule is CCCOc1ccccc1Oc1ncccc1CNC(=O)CCC1CCNCC1.Cl.Cl. The molecule has 1 aliphatic rings. The third-order valence-corrected chi connectivity index (χ3v) is 5.08.